The van der Waals surface area contributed by atoms with Crippen LogP contribution in [0.5, 0.6) is 0 Å². The van der Waals surface area contributed by atoms with E-state index < -0.39 is 0 Å². The molecule has 25 heavy (non-hydrogen) atoms. The summed E-state index contributed by atoms with van der Waals surface area (Å²) in [5, 5.41) is 9.58. The van der Waals surface area contributed by atoms with Crippen molar-refractivity contribution < 1.29 is 4.79 Å². The van der Waals surface area contributed by atoms with E-state index in [9.17, 15) is 9.59 Å². The molecular formula is C16H17N7O2. The number of pyridine rings is 1. The second kappa shape index (κ2) is 7.04. The predicted molar refractivity (Wildman–Crippen MR) is 89.7 cm³/mol. The van der Waals surface area contributed by atoms with Gasteiger partial charge in [-0.3, -0.25) is 19.7 Å². The largest absolute Gasteiger partial charge is 0.345 e. The molecule has 3 heterocycles. The summed E-state index contributed by atoms with van der Waals surface area (Å²) in [6.07, 6.45) is 4.67. The van der Waals surface area contributed by atoms with Gasteiger partial charge in [0.05, 0.1) is 18.3 Å². The Kier molecular flexibility index (Phi) is 4.64. The van der Waals surface area contributed by atoms with Gasteiger partial charge in [0.25, 0.3) is 5.91 Å². The Hall–Kier alpha value is -3.36. The third-order valence-electron chi connectivity index (χ3n) is 3.51. The summed E-state index contributed by atoms with van der Waals surface area (Å²) in [6, 6.07) is 2.86. The minimum absolute atomic E-state index is 0.0168. The van der Waals surface area contributed by atoms with Crippen LogP contribution in [0.1, 0.15) is 41.6 Å². The maximum absolute atomic E-state index is 12.4. The molecule has 3 aromatic heterocycles. The molecule has 3 N–H and O–H groups in total. The molecule has 1 amide bonds. The van der Waals surface area contributed by atoms with Crippen LogP contribution < -0.4 is 10.9 Å². The smallest absolute Gasteiger partial charge is 0.253 e. The van der Waals surface area contributed by atoms with E-state index in [1.54, 1.807) is 18.6 Å². The fourth-order valence-electron chi connectivity index (χ4n) is 2.31. The molecule has 3 rings (SSSR count). The van der Waals surface area contributed by atoms with E-state index in [0.29, 0.717) is 28.6 Å². The Morgan fingerprint density at radius 3 is 2.84 bits per heavy atom. The molecule has 3 aromatic rings. The van der Waals surface area contributed by atoms with Gasteiger partial charge in [-0.25, -0.2) is 9.97 Å². The van der Waals surface area contributed by atoms with Crippen molar-refractivity contribution in [2.45, 2.75) is 26.3 Å². The van der Waals surface area contributed by atoms with Crippen molar-refractivity contribution in [2.24, 2.45) is 0 Å². The fourth-order valence-corrected chi connectivity index (χ4v) is 2.31. The summed E-state index contributed by atoms with van der Waals surface area (Å²) in [6.45, 7) is 3.99. The fraction of sp³-hybridized carbons (Fsp3) is 0.250. The first-order chi connectivity index (χ1) is 12.0. The maximum atomic E-state index is 12.4. The van der Waals surface area contributed by atoms with Gasteiger partial charge in [0.15, 0.2) is 0 Å². The van der Waals surface area contributed by atoms with Crippen LogP contribution in [-0.2, 0) is 6.54 Å². The summed E-state index contributed by atoms with van der Waals surface area (Å²) >= 11 is 0. The molecule has 0 spiro atoms. The first kappa shape index (κ1) is 16.5. The lowest BCUT2D eigenvalue weighted by atomic mass is 10.0. The highest BCUT2D eigenvalue weighted by atomic mass is 16.1. The van der Waals surface area contributed by atoms with Crippen molar-refractivity contribution in [1.29, 1.82) is 0 Å². The lowest BCUT2D eigenvalue weighted by Crippen LogP contribution is -2.26. The number of nitrogens with one attached hydrogen (secondary N) is 3. The molecule has 0 fully saturated rings. The summed E-state index contributed by atoms with van der Waals surface area (Å²) in [7, 11) is 0. The van der Waals surface area contributed by atoms with Gasteiger partial charge in [0.2, 0.25) is 11.4 Å². The zero-order valence-electron chi connectivity index (χ0n) is 13.8. The average molecular weight is 339 g/mol. The first-order valence-electron chi connectivity index (χ1n) is 7.73. The molecule has 0 aromatic carbocycles. The molecule has 0 saturated heterocycles. The Morgan fingerprint density at radius 1 is 1.28 bits per heavy atom. The van der Waals surface area contributed by atoms with Crippen molar-refractivity contribution in [3.63, 3.8) is 0 Å². The quantitative estimate of drug-likeness (QED) is 0.636. The number of aromatic amines is 2. The van der Waals surface area contributed by atoms with Gasteiger partial charge in [-0.1, -0.05) is 13.8 Å². The number of rotatable bonds is 5. The molecule has 9 heteroatoms. The number of amides is 1. The normalized spacial score (nSPS) is 10.8. The minimum atomic E-state index is -0.294. The third-order valence-corrected chi connectivity index (χ3v) is 3.51. The summed E-state index contributed by atoms with van der Waals surface area (Å²) in [5.41, 5.74) is 1.34. The number of nitrogens with zero attached hydrogens (tertiary/aromatic N) is 4. The molecule has 0 aliphatic carbocycles. The molecule has 9 nitrogen and oxygen atoms in total. The SMILES string of the molecule is CC(C)c1[nH]c(=O)ccc1C(=O)NCc1nc(-c2cnccn2)n[nH]1. The molecule has 0 atom stereocenters. The van der Waals surface area contributed by atoms with Crippen LogP contribution in [0.15, 0.2) is 35.5 Å². The van der Waals surface area contributed by atoms with Crippen LogP contribution in [-0.4, -0.2) is 36.0 Å². The van der Waals surface area contributed by atoms with Gasteiger partial charge < -0.3 is 10.3 Å². The Morgan fingerprint density at radius 2 is 2.12 bits per heavy atom. The Bertz CT molecular complexity index is 931. The predicted octanol–water partition coefficient (Wildman–Crippen LogP) is 1.00. The van der Waals surface area contributed by atoms with Crippen molar-refractivity contribution in [3.05, 3.63) is 58.2 Å². The highest BCUT2D eigenvalue weighted by Gasteiger charge is 2.15. The minimum Gasteiger partial charge on any atom is -0.345 e. The highest BCUT2D eigenvalue weighted by molar-refractivity contribution is 5.95. The van der Waals surface area contributed by atoms with E-state index in [2.05, 4.69) is 35.5 Å². The van der Waals surface area contributed by atoms with Crippen molar-refractivity contribution in [1.82, 2.24) is 35.5 Å². The second-order valence-electron chi connectivity index (χ2n) is 5.68. The lowest BCUT2D eigenvalue weighted by Gasteiger charge is -2.11. The second-order valence-corrected chi connectivity index (χ2v) is 5.68. The topological polar surface area (TPSA) is 129 Å². The molecule has 0 unspecified atom stereocenters. The summed E-state index contributed by atoms with van der Waals surface area (Å²) in [5.74, 6) is 0.620. The van der Waals surface area contributed by atoms with Gasteiger partial charge in [-0.05, 0) is 12.0 Å². The molecule has 128 valence electrons. The number of carbonyl (C=O) groups excluding carboxylic acids is 1. The van der Waals surface area contributed by atoms with Crippen LogP contribution in [0.25, 0.3) is 11.5 Å². The molecule has 0 aliphatic rings. The van der Waals surface area contributed by atoms with Crippen LogP contribution in [0.2, 0.25) is 0 Å². The van der Waals surface area contributed by atoms with Crippen LogP contribution in [0.4, 0.5) is 0 Å². The monoisotopic (exact) mass is 339 g/mol. The van der Waals surface area contributed by atoms with E-state index >= 15 is 0 Å². The summed E-state index contributed by atoms with van der Waals surface area (Å²) in [4.78, 5) is 38.9. The van der Waals surface area contributed by atoms with E-state index in [4.69, 9.17) is 0 Å². The van der Waals surface area contributed by atoms with Gasteiger partial charge in [-0.15, -0.1) is 0 Å². The van der Waals surface area contributed by atoms with E-state index in [0.717, 1.165) is 0 Å². The zero-order valence-corrected chi connectivity index (χ0v) is 13.8. The Balaban J connectivity index is 1.71. The molecule has 0 radical (unpaired) electrons. The molecule has 0 aliphatic heterocycles. The van der Waals surface area contributed by atoms with Gasteiger partial charge in [-0.2, -0.15) is 5.10 Å². The summed E-state index contributed by atoms with van der Waals surface area (Å²) < 4.78 is 0. The number of aromatic nitrogens is 6. The number of hydrogen-bond donors (Lipinski definition) is 3. The third kappa shape index (κ3) is 3.77. The Labute approximate surface area is 143 Å². The van der Waals surface area contributed by atoms with Gasteiger partial charge in [0.1, 0.15) is 11.5 Å². The van der Waals surface area contributed by atoms with Crippen LogP contribution >= 0.6 is 0 Å². The van der Waals surface area contributed by atoms with Gasteiger partial charge >= 0.3 is 0 Å². The van der Waals surface area contributed by atoms with Crippen molar-refractivity contribution in [2.75, 3.05) is 0 Å². The van der Waals surface area contributed by atoms with Crippen molar-refractivity contribution in [3.8, 4) is 11.5 Å². The molecular weight excluding hydrogens is 322 g/mol. The molecule has 0 bridgehead atoms. The zero-order chi connectivity index (χ0) is 17.8. The average Bonchev–Trinajstić information content (AvgIpc) is 3.09. The number of H-pyrrole nitrogens is 2. The lowest BCUT2D eigenvalue weighted by molar-refractivity contribution is 0.0948. The van der Waals surface area contributed by atoms with Crippen LogP contribution in [0.3, 0.4) is 0 Å². The first-order valence-corrected chi connectivity index (χ1v) is 7.73. The van der Waals surface area contributed by atoms with E-state index in [-0.39, 0.29) is 23.9 Å². The molecule has 0 saturated carbocycles. The number of hydrogen-bond acceptors (Lipinski definition) is 6. The van der Waals surface area contributed by atoms with Crippen molar-refractivity contribution >= 4 is 5.91 Å². The highest BCUT2D eigenvalue weighted by Crippen LogP contribution is 2.15. The van der Waals surface area contributed by atoms with E-state index in [1.807, 2.05) is 13.8 Å². The standard InChI is InChI=1S/C16H17N7O2/c1-9(2)14-10(3-4-13(24)21-14)16(25)19-8-12-20-15(23-22-12)11-7-17-5-6-18-11/h3-7,9H,8H2,1-2H3,(H,19,25)(H,21,24)(H,20,22,23). The van der Waals surface area contributed by atoms with E-state index in [1.165, 1.54) is 12.1 Å². The number of carbonyl (C=O) groups is 1. The van der Waals surface area contributed by atoms with Gasteiger partial charge in [0, 0.05) is 24.2 Å². The van der Waals surface area contributed by atoms with Crippen LogP contribution in [0, 0.1) is 0 Å². The maximum Gasteiger partial charge on any atom is 0.253 e.